The van der Waals surface area contributed by atoms with E-state index in [1.165, 1.54) is 11.1 Å². The lowest BCUT2D eigenvalue weighted by molar-refractivity contribution is 0.0507. The lowest BCUT2D eigenvalue weighted by Gasteiger charge is -2.23. The number of alkyl carbamates (subject to hydrolysis) is 1. The third-order valence-corrected chi connectivity index (χ3v) is 3.38. The van der Waals surface area contributed by atoms with Gasteiger partial charge in [-0.15, -0.1) is 0 Å². The molecule has 0 aliphatic heterocycles. The Morgan fingerprint density at radius 2 is 1.77 bits per heavy atom. The Morgan fingerprint density at radius 3 is 2.27 bits per heavy atom. The molecule has 2 atom stereocenters. The van der Waals surface area contributed by atoms with E-state index in [-0.39, 0.29) is 18.2 Å². The van der Waals surface area contributed by atoms with E-state index in [4.69, 9.17) is 4.74 Å². The van der Waals surface area contributed by atoms with E-state index in [1.807, 2.05) is 27.7 Å². The van der Waals surface area contributed by atoms with Crippen LogP contribution in [0.5, 0.6) is 0 Å². The van der Waals surface area contributed by atoms with E-state index in [0.717, 1.165) is 6.42 Å². The van der Waals surface area contributed by atoms with Crippen molar-refractivity contribution < 1.29 is 9.53 Å². The first-order chi connectivity index (χ1) is 10.2. The van der Waals surface area contributed by atoms with Gasteiger partial charge in [0.05, 0.1) is 0 Å². The Kier molecular flexibility index (Phi) is 6.88. The molecule has 0 aliphatic rings. The fourth-order valence-corrected chi connectivity index (χ4v) is 2.07. The number of ether oxygens (including phenoxy) is 1. The second-order valence-electron chi connectivity index (χ2n) is 6.77. The lowest BCUT2D eigenvalue weighted by atomic mass is 10.0. The molecule has 1 rings (SSSR count). The largest absolute Gasteiger partial charge is 0.444 e. The first kappa shape index (κ1) is 18.5. The van der Waals surface area contributed by atoms with Gasteiger partial charge in [0.15, 0.2) is 0 Å². The van der Waals surface area contributed by atoms with Crippen molar-refractivity contribution in [2.45, 2.75) is 65.6 Å². The van der Waals surface area contributed by atoms with Crippen LogP contribution >= 0.6 is 0 Å². The first-order valence-electron chi connectivity index (χ1n) is 8.03. The van der Waals surface area contributed by atoms with Gasteiger partial charge in [0.1, 0.15) is 5.60 Å². The van der Waals surface area contributed by atoms with E-state index in [1.54, 1.807) is 0 Å². The summed E-state index contributed by atoms with van der Waals surface area (Å²) in [6.07, 6.45) is 0.681. The fraction of sp³-hybridized carbons (Fsp3) is 0.611. The Labute approximate surface area is 134 Å². The zero-order valence-corrected chi connectivity index (χ0v) is 14.7. The SMILES string of the molecule is CCc1ccc(C(C)NCC(C)NC(=O)OC(C)(C)C)cc1. The van der Waals surface area contributed by atoms with Gasteiger partial charge in [-0.05, 0) is 52.2 Å². The van der Waals surface area contributed by atoms with Gasteiger partial charge in [-0.25, -0.2) is 4.79 Å². The first-order valence-corrected chi connectivity index (χ1v) is 8.03. The van der Waals surface area contributed by atoms with Crippen molar-refractivity contribution in [1.82, 2.24) is 10.6 Å². The maximum absolute atomic E-state index is 11.7. The van der Waals surface area contributed by atoms with Crippen LogP contribution in [0.4, 0.5) is 4.79 Å². The van der Waals surface area contributed by atoms with Crippen molar-refractivity contribution >= 4 is 6.09 Å². The summed E-state index contributed by atoms with van der Waals surface area (Å²) in [6.45, 7) is 12.5. The van der Waals surface area contributed by atoms with E-state index >= 15 is 0 Å². The van der Waals surface area contributed by atoms with Crippen molar-refractivity contribution in [3.8, 4) is 0 Å². The van der Waals surface area contributed by atoms with Crippen LogP contribution < -0.4 is 10.6 Å². The standard InChI is InChI=1S/C18H30N2O2/c1-7-15-8-10-16(11-9-15)14(3)19-12-13(2)20-17(21)22-18(4,5)6/h8-11,13-14,19H,7,12H2,1-6H3,(H,20,21). The number of carbonyl (C=O) groups is 1. The van der Waals surface area contributed by atoms with Crippen LogP contribution in [-0.4, -0.2) is 24.3 Å². The van der Waals surface area contributed by atoms with Gasteiger partial charge < -0.3 is 15.4 Å². The number of benzene rings is 1. The summed E-state index contributed by atoms with van der Waals surface area (Å²) in [7, 11) is 0. The Balaban J connectivity index is 2.39. The minimum atomic E-state index is -0.467. The number of rotatable bonds is 6. The highest BCUT2D eigenvalue weighted by molar-refractivity contribution is 5.68. The fourth-order valence-electron chi connectivity index (χ4n) is 2.07. The second-order valence-corrected chi connectivity index (χ2v) is 6.77. The molecule has 0 heterocycles. The van der Waals surface area contributed by atoms with E-state index in [0.29, 0.717) is 6.54 Å². The van der Waals surface area contributed by atoms with E-state index < -0.39 is 5.60 Å². The number of hydrogen-bond acceptors (Lipinski definition) is 3. The molecule has 1 amide bonds. The topological polar surface area (TPSA) is 50.4 Å². The van der Waals surface area contributed by atoms with Crippen molar-refractivity contribution in [3.05, 3.63) is 35.4 Å². The Morgan fingerprint density at radius 1 is 1.18 bits per heavy atom. The van der Waals surface area contributed by atoms with Gasteiger partial charge in [0.2, 0.25) is 0 Å². The summed E-state index contributed by atoms with van der Waals surface area (Å²) in [5.41, 5.74) is 2.13. The lowest BCUT2D eigenvalue weighted by Crippen LogP contribution is -2.43. The van der Waals surface area contributed by atoms with Gasteiger partial charge in [-0.1, -0.05) is 31.2 Å². The summed E-state index contributed by atoms with van der Waals surface area (Å²) in [4.78, 5) is 11.7. The van der Waals surface area contributed by atoms with E-state index in [2.05, 4.69) is 48.7 Å². The molecular formula is C18H30N2O2. The van der Waals surface area contributed by atoms with Gasteiger partial charge in [-0.3, -0.25) is 0 Å². The molecule has 1 aromatic carbocycles. The average molecular weight is 306 g/mol. The highest BCUT2D eigenvalue weighted by Gasteiger charge is 2.17. The number of hydrogen-bond donors (Lipinski definition) is 2. The van der Waals surface area contributed by atoms with Gasteiger partial charge in [0.25, 0.3) is 0 Å². The summed E-state index contributed by atoms with van der Waals surface area (Å²) < 4.78 is 5.25. The zero-order valence-electron chi connectivity index (χ0n) is 14.7. The Hall–Kier alpha value is -1.55. The van der Waals surface area contributed by atoms with Crippen molar-refractivity contribution in [2.75, 3.05) is 6.54 Å². The molecule has 124 valence electrons. The predicted octanol–water partition coefficient (Wildman–Crippen LogP) is 3.81. The third kappa shape index (κ3) is 6.94. The monoisotopic (exact) mass is 306 g/mol. The van der Waals surface area contributed by atoms with Crippen LogP contribution in [0, 0.1) is 0 Å². The summed E-state index contributed by atoms with van der Waals surface area (Å²) >= 11 is 0. The smallest absolute Gasteiger partial charge is 0.407 e. The summed E-state index contributed by atoms with van der Waals surface area (Å²) in [5, 5.41) is 6.27. The highest BCUT2D eigenvalue weighted by atomic mass is 16.6. The maximum Gasteiger partial charge on any atom is 0.407 e. The molecule has 0 bridgehead atoms. The van der Waals surface area contributed by atoms with Crippen LogP contribution in [0.3, 0.4) is 0 Å². The number of amides is 1. The van der Waals surface area contributed by atoms with Gasteiger partial charge in [0, 0.05) is 18.6 Å². The van der Waals surface area contributed by atoms with Crippen molar-refractivity contribution in [1.29, 1.82) is 0 Å². The molecular weight excluding hydrogens is 276 g/mol. The summed E-state index contributed by atoms with van der Waals surface area (Å²) in [6, 6.07) is 8.89. The van der Waals surface area contributed by atoms with Crippen molar-refractivity contribution in [2.24, 2.45) is 0 Å². The molecule has 4 nitrogen and oxygen atoms in total. The summed E-state index contributed by atoms with van der Waals surface area (Å²) in [5.74, 6) is 0. The molecule has 0 saturated heterocycles. The molecule has 2 unspecified atom stereocenters. The van der Waals surface area contributed by atoms with Crippen LogP contribution in [0.25, 0.3) is 0 Å². The third-order valence-electron chi connectivity index (χ3n) is 3.38. The number of aryl methyl sites for hydroxylation is 1. The highest BCUT2D eigenvalue weighted by Crippen LogP contribution is 2.13. The molecule has 0 aromatic heterocycles. The number of carbonyl (C=O) groups excluding carboxylic acids is 1. The predicted molar refractivity (Wildman–Crippen MR) is 91.1 cm³/mol. The molecule has 0 spiro atoms. The molecule has 2 N–H and O–H groups in total. The molecule has 22 heavy (non-hydrogen) atoms. The average Bonchev–Trinajstić information content (AvgIpc) is 2.42. The second kappa shape index (κ2) is 8.18. The van der Waals surface area contributed by atoms with Crippen LogP contribution in [0.2, 0.25) is 0 Å². The number of nitrogens with one attached hydrogen (secondary N) is 2. The molecule has 0 aliphatic carbocycles. The minimum absolute atomic E-state index is 0.00668. The molecule has 4 heteroatoms. The molecule has 0 fully saturated rings. The van der Waals surface area contributed by atoms with Gasteiger partial charge >= 0.3 is 6.09 Å². The van der Waals surface area contributed by atoms with Crippen LogP contribution in [0.1, 0.15) is 58.7 Å². The molecule has 0 radical (unpaired) electrons. The van der Waals surface area contributed by atoms with E-state index in [9.17, 15) is 4.79 Å². The normalized spacial score (nSPS) is 14.3. The minimum Gasteiger partial charge on any atom is -0.444 e. The molecule has 1 aromatic rings. The van der Waals surface area contributed by atoms with Crippen LogP contribution in [0.15, 0.2) is 24.3 Å². The van der Waals surface area contributed by atoms with Crippen LogP contribution in [-0.2, 0) is 11.2 Å². The Bertz CT molecular complexity index is 463. The van der Waals surface area contributed by atoms with Gasteiger partial charge in [-0.2, -0.15) is 0 Å². The maximum atomic E-state index is 11.7. The zero-order chi connectivity index (χ0) is 16.8. The quantitative estimate of drug-likeness (QED) is 0.840. The van der Waals surface area contributed by atoms with Crippen molar-refractivity contribution in [3.63, 3.8) is 0 Å². The molecule has 0 saturated carbocycles.